The zero-order valence-electron chi connectivity index (χ0n) is 11.5. The SMILES string of the molecule is O=C(Oc1ccc(F)cc1)c1cc(C(F)(F)F)cc(C(F)(F)F)c1. The highest BCUT2D eigenvalue weighted by atomic mass is 19.4. The summed E-state index contributed by atoms with van der Waals surface area (Å²) in [7, 11) is 0. The lowest BCUT2D eigenvalue weighted by Crippen LogP contribution is -2.15. The topological polar surface area (TPSA) is 26.3 Å². The molecule has 0 atom stereocenters. The van der Waals surface area contributed by atoms with Crippen LogP contribution in [0.4, 0.5) is 30.7 Å². The Morgan fingerprint density at radius 1 is 0.792 bits per heavy atom. The summed E-state index contributed by atoms with van der Waals surface area (Å²) < 4.78 is 93.6. The van der Waals surface area contributed by atoms with Crippen molar-refractivity contribution in [3.8, 4) is 5.75 Å². The number of alkyl halides is 6. The molecule has 0 saturated carbocycles. The van der Waals surface area contributed by atoms with E-state index < -0.39 is 40.8 Å². The normalized spacial score (nSPS) is 12.1. The Morgan fingerprint density at radius 3 is 1.67 bits per heavy atom. The molecule has 0 fully saturated rings. The number of carbonyl (C=O) groups excluding carboxylic acids is 1. The van der Waals surface area contributed by atoms with Crippen molar-refractivity contribution in [3.05, 3.63) is 65.0 Å². The average Bonchev–Trinajstić information content (AvgIpc) is 2.47. The number of rotatable bonds is 2. The third kappa shape index (κ3) is 4.24. The average molecular weight is 352 g/mol. The summed E-state index contributed by atoms with van der Waals surface area (Å²) in [6, 6.07) is 4.24. The van der Waals surface area contributed by atoms with E-state index in [1.54, 1.807) is 0 Å². The van der Waals surface area contributed by atoms with Gasteiger partial charge in [0, 0.05) is 0 Å². The van der Waals surface area contributed by atoms with Crippen LogP contribution in [-0.2, 0) is 12.4 Å². The van der Waals surface area contributed by atoms with E-state index in [0.717, 1.165) is 24.3 Å². The van der Waals surface area contributed by atoms with E-state index in [2.05, 4.69) is 4.74 Å². The molecule has 0 bridgehead atoms. The van der Waals surface area contributed by atoms with Crippen molar-refractivity contribution < 1.29 is 40.3 Å². The Bertz CT molecular complexity index is 714. The van der Waals surface area contributed by atoms with Gasteiger partial charge in [-0.05, 0) is 42.5 Å². The molecule has 0 heterocycles. The van der Waals surface area contributed by atoms with Gasteiger partial charge in [0.25, 0.3) is 0 Å². The Hall–Kier alpha value is -2.58. The van der Waals surface area contributed by atoms with E-state index in [-0.39, 0.29) is 23.9 Å². The molecule has 9 heteroatoms. The molecule has 0 spiro atoms. The Morgan fingerprint density at radius 2 is 1.25 bits per heavy atom. The molecule has 0 saturated heterocycles. The van der Waals surface area contributed by atoms with E-state index in [0.29, 0.717) is 0 Å². The first-order valence-corrected chi connectivity index (χ1v) is 6.24. The second-order valence-electron chi connectivity index (χ2n) is 4.64. The largest absolute Gasteiger partial charge is 0.423 e. The summed E-state index contributed by atoms with van der Waals surface area (Å²) in [5, 5.41) is 0. The number of carbonyl (C=O) groups is 1. The molecular weight excluding hydrogens is 345 g/mol. The van der Waals surface area contributed by atoms with Crippen molar-refractivity contribution in [2.45, 2.75) is 12.4 Å². The first kappa shape index (κ1) is 17.8. The van der Waals surface area contributed by atoms with E-state index in [1.807, 2.05) is 0 Å². The first-order valence-electron chi connectivity index (χ1n) is 6.24. The highest BCUT2D eigenvalue weighted by Gasteiger charge is 2.37. The molecule has 0 amide bonds. The van der Waals surface area contributed by atoms with Crippen LogP contribution in [0.5, 0.6) is 5.75 Å². The van der Waals surface area contributed by atoms with Gasteiger partial charge in [0.05, 0.1) is 16.7 Å². The lowest BCUT2D eigenvalue weighted by Gasteiger charge is -2.13. The number of benzene rings is 2. The van der Waals surface area contributed by atoms with Crippen LogP contribution in [0.1, 0.15) is 21.5 Å². The molecule has 0 aliphatic heterocycles. The predicted octanol–water partition coefficient (Wildman–Crippen LogP) is 5.08. The summed E-state index contributed by atoms with van der Waals surface area (Å²) in [5.41, 5.74) is -4.20. The van der Waals surface area contributed by atoms with Crippen LogP contribution < -0.4 is 4.74 Å². The lowest BCUT2D eigenvalue weighted by molar-refractivity contribution is -0.143. The van der Waals surface area contributed by atoms with Crippen molar-refractivity contribution in [3.63, 3.8) is 0 Å². The number of esters is 1. The Balaban J connectivity index is 2.40. The zero-order valence-corrected chi connectivity index (χ0v) is 11.5. The van der Waals surface area contributed by atoms with E-state index in [9.17, 15) is 35.5 Å². The highest BCUT2D eigenvalue weighted by Crippen LogP contribution is 2.36. The fourth-order valence-electron chi connectivity index (χ4n) is 1.74. The van der Waals surface area contributed by atoms with Gasteiger partial charge >= 0.3 is 18.3 Å². The van der Waals surface area contributed by atoms with Gasteiger partial charge in [0.2, 0.25) is 0 Å². The fourth-order valence-corrected chi connectivity index (χ4v) is 1.74. The second kappa shape index (κ2) is 6.14. The third-order valence-corrected chi connectivity index (χ3v) is 2.85. The number of ether oxygens (including phenoxy) is 1. The van der Waals surface area contributed by atoms with Crippen molar-refractivity contribution >= 4 is 5.97 Å². The molecular formula is C15H7F7O2. The molecule has 128 valence electrons. The van der Waals surface area contributed by atoms with Crippen molar-refractivity contribution in [2.75, 3.05) is 0 Å². The van der Waals surface area contributed by atoms with Gasteiger partial charge in [-0.1, -0.05) is 0 Å². The lowest BCUT2D eigenvalue weighted by atomic mass is 10.0. The van der Waals surface area contributed by atoms with Gasteiger partial charge in [-0.25, -0.2) is 9.18 Å². The molecule has 0 aliphatic carbocycles. The van der Waals surface area contributed by atoms with Crippen molar-refractivity contribution in [1.82, 2.24) is 0 Å². The maximum absolute atomic E-state index is 12.7. The quantitative estimate of drug-likeness (QED) is 0.428. The monoisotopic (exact) mass is 352 g/mol. The van der Waals surface area contributed by atoms with E-state index in [4.69, 9.17) is 0 Å². The minimum absolute atomic E-state index is 0.103. The maximum Gasteiger partial charge on any atom is 0.416 e. The zero-order chi connectivity index (χ0) is 18.1. The maximum atomic E-state index is 12.7. The summed E-state index contributed by atoms with van der Waals surface area (Å²) in [6.07, 6.45) is -10.2. The first-order chi connectivity index (χ1) is 11.0. The van der Waals surface area contributed by atoms with Crippen LogP contribution in [0.25, 0.3) is 0 Å². The molecule has 0 N–H and O–H groups in total. The van der Waals surface area contributed by atoms with Gasteiger partial charge in [0.15, 0.2) is 0 Å². The summed E-state index contributed by atoms with van der Waals surface area (Å²) in [6.45, 7) is 0. The molecule has 2 aromatic carbocycles. The van der Waals surface area contributed by atoms with Crippen LogP contribution in [0.15, 0.2) is 42.5 Å². The van der Waals surface area contributed by atoms with Gasteiger partial charge in [-0.3, -0.25) is 0 Å². The molecule has 0 aromatic heterocycles. The molecule has 0 radical (unpaired) electrons. The Labute approximate surface area is 130 Å². The van der Waals surface area contributed by atoms with Crippen LogP contribution in [0.2, 0.25) is 0 Å². The van der Waals surface area contributed by atoms with Gasteiger partial charge in [0.1, 0.15) is 11.6 Å². The minimum atomic E-state index is -5.08. The second-order valence-corrected chi connectivity index (χ2v) is 4.64. The summed E-state index contributed by atoms with van der Waals surface area (Å²) in [4.78, 5) is 11.8. The molecule has 0 unspecified atom stereocenters. The van der Waals surface area contributed by atoms with Crippen LogP contribution in [-0.4, -0.2) is 5.97 Å². The molecule has 24 heavy (non-hydrogen) atoms. The fraction of sp³-hybridized carbons (Fsp3) is 0.133. The predicted molar refractivity (Wildman–Crippen MR) is 67.8 cm³/mol. The van der Waals surface area contributed by atoms with Crippen molar-refractivity contribution in [1.29, 1.82) is 0 Å². The number of hydrogen-bond acceptors (Lipinski definition) is 2. The molecule has 2 nitrogen and oxygen atoms in total. The summed E-state index contributed by atoms with van der Waals surface area (Å²) in [5.74, 6) is -2.32. The highest BCUT2D eigenvalue weighted by molar-refractivity contribution is 5.91. The van der Waals surface area contributed by atoms with Crippen LogP contribution >= 0.6 is 0 Å². The van der Waals surface area contributed by atoms with E-state index in [1.165, 1.54) is 0 Å². The van der Waals surface area contributed by atoms with Gasteiger partial charge < -0.3 is 4.74 Å². The van der Waals surface area contributed by atoms with E-state index >= 15 is 0 Å². The molecule has 2 aromatic rings. The van der Waals surface area contributed by atoms with Crippen molar-refractivity contribution in [2.24, 2.45) is 0 Å². The van der Waals surface area contributed by atoms with Gasteiger partial charge in [-0.2, -0.15) is 26.3 Å². The van der Waals surface area contributed by atoms with Crippen LogP contribution in [0.3, 0.4) is 0 Å². The summed E-state index contributed by atoms with van der Waals surface area (Å²) >= 11 is 0. The van der Waals surface area contributed by atoms with Crippen LogP contribution in [0, 0.1) is 5.82 Å². The number of halogens is 7. The standard InChI is InChI=1S/C15H7F7O2/c16-11-1-3-12(4-2-11)24-13(23)8-5-9(14(17,18)19)7-10(6-8)15(20,21)22/h1-7H. The van der Waals surface area contributed by atoms with Gasteiger partial charge in [-0.15, -0.1) is 0 Å². The smallest absolute Gasteiger partial charge is 0.416 e. The third-order valence-electron chi connectivity index (χ3n) is 2.85. The number of hydrogen-bond donors (Lipinski definition) is 0. The Kier molecular flexibility index (Phi) is 4.54. The minimum Gasteiger partial charge on any atom is -0.423 e. The molecule has 0 aliphatic rings. The molecule has 2 rings (SSSR count).